The molecule has 4 N–H and O–H groups in total. The highest BCUT2D eigenvalue weighted by molar-refractivity contribution is 5.49. The quantitative estimate of drug-likeness (QED) is 0.791. The summed E-state index contributed by atoms with van der Waals surface area (Å²) in [5.74, 6) is 1.50. The fraction of sp³-hybridized carbons (Fsp3) is 0.143. The van der Waals surface area contributed by atoms with E-state index in [0.29, 0.717) is 5.69 Å². The molecule has 1 heterocycles. The van der Waals surface area contributed by atoms with E-state index in [9.17, 15) is 0 Å². The van der Waals surface area contributed by atoms with Crippen molar-refractivity contribution in [2.75, 3.05) is 12.5 Å². The SMILES string of the molecule is Nc1cccc(C(N)c2ccc3c(c2)OCO3)c1. The highest BCUT2D eigenvalue weighted by Gasteiger charge is 2.16. The second kappa shape index (κ2) is 4.23. The molecule has 0 fully saturated rings. The lowest BCUT2D eigenvalue weighted by Crippen LogP contribution is -2.11. The van der Waals surface area contributed by atoms with Gasteiger partial charge < -0.3 is 20.9 Å². The van der Waals surface area contributed by atoms with E-state index in [1.807, 2.05) is 42.5 Å². The van der Waals surface area contributed by atoms with Crippen molar-refractivity contribution in [1.82, 2.24) is 0 Å². The van der Waals surface area contributed by atoms with E-state index in [-0.39, 0.29) is 12.8 Å². The first-order valence-electron chi connectivity index (χ1n) is 5.74. The Balaban J connectivity index is 1.95. The minimum absolute atomic E-state index is 0.219. The largest absolute Gasteiger partial charge is 0.454 e. The van der Waals surface area contributed by atoms with Crippen LogP contribution in [0.1, 0.15) is 17.2 Å². The van der Waals surface area contributed by atoms with Gasteiger partial charge in [0, 0.05) is 5.69 Å². The van der Waals surface area contributed by atoms with Gasteiger partial charge in [0.25, 0.3) is 0 Å². The predicted molar refractivity (Wildman–Crippen MR) is 69.4 cm³/mol. The number of fused-ring (bicyclic) bond motifs is 1. The van der Waals surface area contributed by atoms with Crippen LogP contribution < -0.4 is 20.9 Å². The van der Waals surface area contributed by atoms with Crippen LogP contribution in [0.25, 0.3) is 0 Å². The van der Waals surface area contributed by atoms with Crippen LogP contribution in [0, 0.1) is 0 Å². The summed E-state index contributed by atoms with van der Waals surface area (Å²) in [7, 11) is 0. The van der Waals surface area contributed by atoms with E-state index in [0.717, 1.165) is 22.6 Å². The summed E-state index contributed by atoms with van der Waals surface area (Å²) < 4.78 is 10.6. The first-order chi connectivity index (χ1) is 8.74. The molecule has 2 aromatic rings. The molecule has 4 heteroatoms. The Labute approximate surface area is 105 Å². The van der Waals surface area contributed by atoms with Crippen molar-refractivity contribution in [3.8, 4) is 11.5 Å². The molecule has 0 bridgehead atoms. The van der Waals surface area contributed by atoms with Gasteiger partial charge in [-0.15, -0.1) is 0 Å². The maximum absolute atomic E-state index is 6.23. The molecule has 1 aliphatic rings. The van der Waals surface area contributed by atoms with Crippen molar-refractivity contribution in [2.24, 2.45) is 5.73 Å². The van der Waals surface area contributed by atoms with Gasteiger partial charge in [0.2, 0.25) is 6.79 Å². The molecule has 0 saturated carbocycles. The Morgan fingerprint density at radius 2 is 1.72 bits per heavy atom. The first-order valence-corrected chi connectivity index (χ1v) is 5.74. The Hall–Kier alpha value is -2.20. The van der Waals surface area contributed by atoms with Crippen molar-refractivity contribution in [1.29, 1.82) is 0 Å². The van der Waals surface area contributed by atoms with Crippen LogP contribution in [0.2, 0.25) is 0 Å². The molecule has 3 rings (SSSR count). The standard InChI is InChI=1S/C14H14N2O2/c15-11-3-1-2-9(6-11)14(16)10-4-5-12-13(7-10)18-8-17-12/h1-7,14H,8,15-16H2. The smallest absolute Gasteiger partial charge is 0.231 e. The van der Waals surface area contributed by atoms with E-state index in [1.165, 1.54) is 0 Å². The molecule has 0 saturated heterocycles. The zero-order valence-electron chi connectivity index (χ0n) is 9.80. The summed E-state index contributed by atoms with van der Waals surface area (Å²) in [6, 6.07) is 13.1. The molecular formula is C14H14N2O2. The third kappa shape index (κ3) is 1.87. The Morgan fingerprint density at radius 3 is 2.56 bits per heavy atom. The fourth-order valence-corrected chi connectivity index (χ4v) is 2.05. The number of ether oxygens (including phenoxy) is 2. The minimum atomic E-state index is -0.219. The Kier molecular flexibility index (Phi) is 2.57. The van der Waals surface area contributed by atoms with Gasteiger partial charge in [-0.1, -0.05) is 18.2 Å². The summed E-state index contributed by atoms with van der Waals surface area (Å²) in [6.07, 6.45) is 0. The van der Waals surface area contributed by atoms with E-state index < -0.39 is 0 Å². The van der Waals surface area contributed by atoms with Crippen molar-refractivity contribution in [3.63, 3.8) is 0 Å². The molecule has 1 atom stereocenters. The normalized spacial score (nSPS) is 14.5. The third-order valence-corrected chi connectivity index (χ3v) is 3.03. The topological polar surface area (TPSA) is 70.5 Å². The van der Waals surface area contributed by atoms with Gasteiger partial charge in [0.05, 0.1) is 6.04 Å². The van der Waals surface area contributed by atoms with Crippen LogP contribution in [0.3, 0.4) is 0 Å². The first kappa shape index (κ1) is 10.9. The number of hydrogen-bond donors (Lipinski definition) is 2. The Morgan fingerprint density at radius 1 is 0.944 bits per heavy atom. The summed E-state index contributed by atoms with van der Waals surface area (Å²) in [5, 5.41) is 0. The summed E-state index contributed by atoms with van der Waals surface area (Å²) in [6.45, 7) is 0.270. The average molecular weight is 242 g/mol. The van der Waals surface area contributed by atoms with Gasteiger partial charge >= 0.3 is 0 Å². The zero-order valence-corrected chi connectivity index (χ0v) is 9.80. The number of nitrogen functional groups attached to an aromatic ring is 1. The zero-order chi connectivity index (χ0) is 12.5. The predicted octanol–water partition coefficient (Wildman–Crippen LogP) is 2.05. The molecule has 92 valence electrons. The molecule has 0 radical (unpaired) electrons. The molecule has 1 unspecified atom stereocenters. The fourth-order valence-electron chi connectivity index (χ4n) is 2.05. The molecule has 4 nitrogen and oxygen atoms in total. The van der Waals surface area contributed by atoms with Crippen LogP contribution >= 0.6 is 0 Å². The lowest BCUT2D eigenvalue weighted by molar-refractivity contribution is 0.174. The molecular weight excluding hydrogens is 228 g/mol. The van der Waals surface area contributed by atoms with Gasteiger partial charge in [0.1, 0.15) is 0 Å². The van der Waals surface area contributed by atoms with E-state index in [2.05, 4.69) is 0 Å². The van der Waals surface area contributed by atoms with Crippen molar-refractivity contribution >= 4 is 5.69 Å². The van der Waals surface area contributed by atoms with E-state index in [1.54, 1.807) is 0 Å². The lowest BCUT2D eigenvalue weighted by Gasteiger charge is -2.13. The maximum atomic E-state index is 6.23. The third-order valence-electron chi connectivity index (χ3n) is 3.03. The second-order valence-corrected chi connectivity index (χ2v) is 4.26. The average Bonchev–Trinajstić information content (AvgIpc) is 2.85. The van der Waals surface area contributed by atoms with Crippen LogP contribution in [-0.4, -0.2) is 6.79 Å². The van der Waals surface area contributed by atoms with E-state index >= 15 is 0 Å². The minimum Gasteiger partial charge on any atom is -0.454 e. The van der Waals surface area contributed by atoms with Crippen molar-refractivity contribution in [3.05, 3.63) is 53.6 Å². The van der Waals surface area contributed by atoms with Gasteiger partial charge in [-0.2, -0.15) is 0 Å². The molecule has 18 heavy (non-hydrogen) atoms. The number of nitrogens with two attached hydrogens (primary N) is 2. The van der Waals surface area contributed by atoms with Crippen LogP contribution in [0.15, 0.2) is 42.5 Å². The molecule has 2 aromatic carbocycles. The van der Waals surface area contributed by atoms with E-state index in [4.69, 9.17) is 20.9 Å². The van der Waals surface area contributed by atoms with Gasteiger partial charge in [0.15, 0.2) is 11.5 Å². The lowest BCUT2D eigenvalue weighted by atomic mass is 9.99. The molecule has 0 spiro atoms. The maximum Gasteiger partial charge on any atom is 0.231 e. The molecule has 0 aliphatic carbocycles. The van der Waals surface area contributed by atoms with Gasteiger partial charge in [-0.3, -0.25) is 0 Å². The Bertz CT molecular complexity index is 584. The summed E-state index contributed by atoms with van der Waals surface area (Å²) >= 11 is 0. The number of rotatable bonds is 2. The summed E-state index contributed by atoms with van der Waals surface area (Å²) in [4.78, 5) is 0. The second-order valence-electron chi connectivity index (χ2n) is 4.26. The van der Waals surface area contributed by atoms with Crippen LogP contribution in [0.5, 0.6) is 11.5 Å². The number of anilines is 1. The highest BCUT2D eigenvalue weighted by Crippen LogP contribution is 2.35. The van der Waals surface area contributed by atoms with Crippen LogP contribution in [-0.2, 0) is 0 Å². The monoisotopic (exact) mass is 242 g/mol. The highest BCUT2D eigenvalue weighted by atomic mass is 16.7. The molecule has 0 amide bonds. The van der Waals surface area contributed by atoms with Crippen LogP contribution in [0.4, 0.5) is 5.69 Å². The number of hydrogen-bond acceptors (Lipinski definition) is 4. The van der Waals surface area contributed by atoms with Crippen molar-refractivity contribution < 1.29 is 9.47 Å². The summed E-state index contributed by atoms with van der Waals surface area (Å²) in [5.41, 5.74) is 14.7. The van der Waals surface area contributed by atoms with Gasteiger partial charge in [-0.25, -0.2) is 0 Å². The number of benzene rings is 2. The molecule has 1 aliphatic heterocycles. The van der Waals surface area contributed by atoms with Gasteiger partial charge in [-0.05, 0) is 35.4 Å². The molecule has 0 aromatic heterocycles. The van der Waals surface area contributed by atoms with Crippen molar-refractivity contribution in [2.45, 2.75) is 6.04 Å².